The molecule has 0 aromatic heterocycles. The lowest BCUT2D eigenvalue weighted by molar-refractivity contribution is -0.138. The minimum atomic E-state index is -1.05. The molecule has 0 aliphatic rings. The van der Waals surface area contributed by atoms with Crippen LogP contribution in [0.1, 0.15) is 46.1 Å². The Hall–Kier alpha value is -0.960. The highest BCUT2D eigenvalue weighted by Gasteiger charge is 2.16. The average molecular weight is 300 g/mol. The molecule has 5 heteroatoms. The fourth-order valence-corrected chi connectivity index (χ4v) is 2.68. The molecule has 1 atom stereocenters. The molecule has 20 heavy (non-hydrogen) atoms. The molecular formula is C15H25O4P. The monoisotopic (exact) mass is 300 g/mol. The second kappa shape index (κ2) is 10.8. The number of carboxylic acid groups (broad SMARTS) is 1. The maximum absolute atomic E-state index is 10.9. The van der Waals surface area contributed by atoms with Crippen molar-refractivity contribution in [2.75, 3.05) is 13.2 Å². The third kappa shape index (κ3) is 6.00. The van der Waals surface area contributed by atoms with E-state index >= 15 is 0 Å². The van der Waals surface area contributed by atoms with Crippen LogP contribution >= 0.6 is 8.38 Å². The second-order valence-electron chi connectivity index (χ2n) is 3.74. The molecule has 0 bridgehead atoms. The summed E-state index contributed by atoms with van der Waals surface area (Å²) in [4.78, 5) is 10.9. The molecule has 114 valence electrons. The number of hydrogen-bond acceptors (Lipinski definition) is 3. The van der Waals surface area contributed by atoms with Crippen LogP contribution in [-0.2, 0) is 13.8 Å². The largest absolute Gasteiger partial charge is 0.481 e. The summed E-state index contributed by atoms with van der Waals surface area (Å²) in [6, 6.07) is 7.40. The summed E-state index contributed by atoms with van der Waals surface area (Å²) in [5.41, 5.74) is 0.786. The van der Waals surface area contributed by atoms with Gasteiger partial charge >= 0.3 is 5.97 Å². The lowest BCUT2D eigenvalue weighted by atomic mass is 10.0. The van der Waals surface area contributed by atoms with Gasteiger partial charge in [0.2, 0.25) is 8.38 Å². The first-order chi connectivity index (χ1) is 9.60. The maximum Gasteiger partial charge on any atom is 0.310 e. The van der Waals surface area contributed by atoms with Gasteiger partial charge in [-0.2, -0.15) is 0 Å². The molecule has 1 N–H and O–H groups in total. The zero-order chi connectivity index (χ0) is 15.5. The van der Waals surface area contributed by atoms with E-state index in [0.717, 1.165) is 10.9 Å². The Labute approximate surface area is 123 Å². The molecule has 0 fully saturated rings. The Morgan fingerprint density at radius 1 is 1.15 bits per heavy atom. The van der Waals surface area contributed by atoms with Crippen LogP contribution in [0.5, 0.6) is 0 Å². The van der Waals surface area contributed by atoms with E-state index < -0.39 is 20.3 Å². The SMILES string of the molecule is CC.CCOP(OCC)c1ccc(C(C)C(=O)O)cc1. The minimum absolute atomic E-state index is 0.496. The van der Waals surface area contributed by atoms with E-state index in [2.05, 4.69) is 0 Å². The average Bonchev–Trinajstić information content (AvgIpc) is 2.48. The molecule has 0 saturated carbocycles. The van der Waals surface area contributed by atoms with Crippen molar-refractivity contribution in [3.63, 3.8) is 0 Å². The molecule has 1 rings (SSSR count). The van der Waals surface area contributed by atoms with Crippen LogP contribution in [0.2, 0.25) is 0 Å². The molecular weight excluding hydrogens is 275 g/mol. The van der Waals surface area contributed by atoms with Gasteiger partial charge in [-0.25, -0.2) is 0 Å². The van der Waals surface area contributed by atoms with Crippen LogP contribution in [0.25, 0.3) is 0 Å². The van der Waals surface area contributed by atoms with Crippen LogP contribution in [-0.4, -0.2) is 24.3 Å². The summed E-state index contributed by atoms with van der Waals surface area (Å²) in [5, 5.41) is 9.90. The van der Waals surface area contributed by atoms with Crippen molar-refractivity contribution in [2.45, 2.75) is 40.5 Å². The van der Waals surface area contributed by atoms with Gasteiger partial charge in [0, 0.05) is 5.30 Å². The molecule has 0 spiro atoms. The number of rotatable bonds is 7. The third-order valence-electron chi connectivity index (χ3n) is 2.47. The zero-order valence-electron chi connectivity index (χ0n) is 12.9. The highest BCUT2D eigenvalue weighted by atomic mass is 31.2. The van der Waals surface area contributed by atoms with E-state index in [9.17, 15) is 4.79 Å². The topological polar surface area (TPSA) is 55.8 Å². The molecule has 1 unspecified atom stereocenters. The predicted octanol–water partition coefficient (Wildman–Crippen LogP) is 3.91. The van der Waals surface area contributed by atoms with Crippen molar-refractivity contribution in [1.29, 1.82) is 0 Å². The molecule has 0 aliphatic carbocycles. The maximum atomic E-state index is 10.9. The van der Waals surface area contributed by atoms with Gasteiger partial charge in [0.05, 0.1) is 19.1 Å². The lowest BCUT2D eigenvalue weighted by Crippen LogP contribution is -2.10. The van der Waals surface area contributed by atoms with E-state index in [1.165, 1.54) is 0 Å². The van der Waals surface area contributed by atoms with Gasteiger partial charge in [-0.15, -0.1) is 0 Å². The molecule has 0 aliphatic heterocycles. The standard InChI is InChI=1S/C13H19O4P.C2H6/c1-4-16-18(17-5-2)12-8-6-11(7-9-12)10(3)13(14)15;1-2/h6-10H,4-5H2,1-3H3,(H,14,15);1-2H3. The fraction of sp³-hybridized carbons (Fsp3) is 0.533. The number of benzene rings is 1. The summed E-state index contributed by atoms with van der Waals surface area (Å²) >= 11 is 0. The zero-order valence-corrected chi connectivity index (χ0v) is 13.8. The molecule has 0 amide bonds. The van der Waals surface area contributed by atoms with E-state index in [-0.39, 0.29) is 0 Å². The van der Waals surface area contributed by atoms with Gasteiger partial charge in [-0.3, -0.25) is 4.79 Å². The summed E-state index contributed by atoms with van der Waals surface area (Å²) in [6.07, 6.45) is 0. The highest BCUT2D eigenvalue weighted by Crippen LogP contribution is 2.37. The lowest BCUT2D eigenvalue weighted by Gasteiger charge is -2.16. The number of carboxylic acids is 1. The van der Waals surface area contributed by atoms with Gasteiger partial charge in [0.1, 0.15) is 0 Å². The van der Waals surface area contributed by atoms with Gasteiger partial charge in [-0.1, -0.05) is 26.0 Å². The van der Waals surface area contributed by atoms with Crippen molar-refractivity contribution < 1.29 is 18.9 Å². The van der Waals surface area contributed by atoms with Crippen molar-refractivity contribution in [3.8, 4) is 0 Å². The molecule has 1 aromatic rings. The van der Waals surface area contributed by atoms with E-state index in [1.807, 2.05) is 52.0 Å². The van der Waals surface area contributed by atoms with Gasteiger partial charge < -0.3 is 14.2 Å². The molecule has 1 aromatic carbocycles. The fourth-order valence-electron chi connectivity index (χ4n) is 1.45. The van der Waals surface area contributed by atoms with Crippen molar-refractivity contribution in [3.05, 3.63) is 29.8 Å². The molecule has 0 saturated heterocycles. The Bertz CT molecular complexity index is 372. The third-order valence-corrected chi connectivity index (χ3v) is 4.17. The van der Waals surface area contributed by atoms with Crippen molar-refractivity contribution in [1.82, 2.24) is 0 Å². The Morgan fingerprint density at radius 3 is 1.95 bits per heavy atom. The van der Waals surface area contributed by atoms with Gasteiger partial charge in [0.25, 0.3) is 0 Å². The Kier molecular flexibility index (Phi) is 10.3. The number of hydrogen-bond donors (Lipinski definition) is 1. The summed E-state index contributed by atoms with van der Waals surface area (Å²) in [5.74, 6) is -1.32. The van der Waals surface area contributed by atoms with Crippen LogP contribution in [0.4, 0.5) is 0 Å². The second-order valence-corrected chi connectivity index (χ2v) is 5.29. The quantitative estimate of drug-likeness (QED) is 0.776. The van der Waals surface area contributed by atoms with Gasteiger partial charge in [-0.05, 0) is 38.5 Å². The number of aliphatic carboxylic acids is 1. The molecule has 4 nitrogen and oxygen atoms in total. The van der Waals surface area contributed by atoms with Crippen LogP contribution in [0.3, 0.4) is 0 Å². The van der Waals surface area contributed by atoms with Crippen LogP contribution in [0, 0.1) is 0 Å². The van der Waals surface area contributed by atoms with Crippen LogP contribution < -0.4 is 5.30 Å². The minimum Gasteiger partial charge on any atom is -0.481 e. The summed E-state index contributed by atoms with van der Waals surface area (Å²) < 4.78 is 11.1. The first-order valence-corrected chi connectivity index (χ1v) is 8.16. The first-order valence-electron chi connectivity index (χ1n) is 6.98. The number of carbonyl (C=O) groups is 1. The van der Waals surface area contributed by atoms with Crippen LogP contribution in [0.15, 0.2) is 24.3 Å². The summed E-state index contributed by atoms with van der Waals surface area (Å²) in [6.45, 7) is 10.7. The Morgan fingerprint density at radius 2 is 1.60 bits per heavy atom. The normalized spacial score (nSPS) is 11.7. The van der Waals surface area contributed by atoms with E-state index in [1.54, 1.807) is 6.92 Å². The van der Waals surface area contributed by atoms with Crippen molar-refractivity contribution in [2.24, 2.45) is 0 Å². The van der Waals surface area contributed by atoms with E-state index in [0.29, 0.717) is 13.2 Å². The smallest absolute Gasteiger partial charge is 0.310 e. The van der Waals surface area contributed by atoms with Gasteiger partial charge in [0.15, 0.2) is 0 Å². The van der Waals surface area contributed by atoms with E-state index in [4.69, 9.17) is 14.2 Å². The predicted molar refractivity (Wildman–Crippen MR) is 83.6 cm³/mol. The Balaban J connectivity index is 0.00000172. The summed E-state index contributed by atoms with van der Waals surface area (Å²) in [7, 11) is -1.05. The molecule has 0 radical (unpaired) electrons. The van der Waals surface area contributed by atoms with Crippen molar-refractivity contribution >= 4 is 19.6 Å². The first kappa shape index (κ1) is 19.0. The molecule has 0 heterocycles. The highest BCUT2D eigenvalue weighted by molar-refractivity contribution is 7.56.